The lowest BCUT2D eigenvalue weighted by Gasteiger charge is -2.25. The maximum Gasteiger partial charge on any atom is 0.349 e. The summed E-state index contributed by atoms with van der Waals surface area (Å²) in [5.74, 6) is -0.230. The van der Waals surface area contributed by atoms with Crippen molar-refractivity contribution < 1.29 is 22.4 Å². The highest BCUT2D eigenvalue weighted by Gasteiger charge is 2.41. The van der Waals surface area contributed by atoms with Gasteiger partial charge in [-0.3, -0.25) is 10.1 Å². The Labute approximate surface area is 181 Å². The number of para-hydroxylation sites is 1. The molecule has 0 radical (unpaired) electrons. The maximum atomic E-state index is 12.7. The number of hydrogen-bond donors (Lipinski definition) is 1. The molecule has 3 heterocycles. The first-order chi connectivity index (χ1) is 14.9. The van der Waals surface area contributed by atoms with Gasteiger partial charge in [-0.15, -0.1) is 11.3 Å². The Morgan fingerprint density at radius 3 is 2.90 bits per heavy atom. The highest BCUT2D eigenvalue weighted by Crippen LogP contribution is 2.35. The Hall–Kier alpha value is -2.76. The fourth-order valence-electron chi connectivity index (χ4n) is 3.62. The van der Waals surface area contributed by atoms with Gasteiger partial charge in [0.05, 0.1) is 18.1 Å². The van der Waals surface area contributed by atoms with Crippen LogP contribution in [0, 0.1) is 0 Å². The molecule has 0 spiro atoms. The van der Waals surface area contributed by atoms with Crippen molar-refractivity contribution in [2.45, 2.75) is 31.1 Å². The Kier molecular flexibility index (Phi) is 4.83. The molecule has 1 aromatic carbocycles. The first-order valence-electron chi connectivity index (χ1n) is 9.76. The molecule has 11 heteroatoms. The van der Waals surface area contributed by atoms with E-state index in [0.29, 0.717) is 29.2 Å². The Balaban J connectivity index is 1.38. The number of fused-ring (bicyclic) bond motifs is 2. The number of hydrogen-bond acceptors (Lipinski definition) is 8. The van der Waals surface area contributed by atoms with Gasteiger partial charge < -0.3 is 9.15 Å². The minimum atomic E-state index is -3.26. The lowest BCUT2D eigenvalue weighted by molar-refractivity contribution is 0.102. The van der Waals surface area contributed by atoms with Crippen LogP contribution in [-0.4, -0.2) is 42.5 Å². The monoisotopic (exact) mass is 461 g/mol. The van der Waals surface area contributed by atoms with E-state index < -0.39 is 21.6 Å². The lowest BCUT2D eigenvalue weighted by atomic mass is 10.1. The van der Waals surface area contributed by atoms with Gasteiger partial charge in [-0.05, 0) is 25.0 Å². The van der Waals surface area contributed by atoms with E-state index in [4.69, 9.17) is 9.15 Å². The van der Waals surface area contributed by atoms with Crippen molar-refractivity contribution in [3.8, 4) is 5.75 Å². The zero-order valence-electron chi connectivity index (χ0n) is 16.6. The quantitative estimate of drug-likeness (QED) is 0.579. The van der Waals surface area contributed by atoms with Gasteiger partial charge in [0, 0.05) is 29.8 Å². The second-order valence-corrected chi connectivity index (χ2v) is 10.8. The molecular formula is C20H19N3O6S2. The number of carbonyl (C=O) groups is 1. The van der Waals surface area contributed by atoms with Crippen LogP contribution >= 0.6 is 11.3 Å². The van der Waals surface area contributed by atoms with E-state index in [0.717, 1.165) is 23.4 Å². The average molecular weight is 462 g/mol. The van der Waals surface area contributed by atoms with E-state index in [1.807, 2.05) is 0 Å². The van der Waals surface area contributed by atoms with Crippen molar-refractivity contribution in [2.24, 2.45) is 0 Å². The molecule has 0 atom stereocenters. The van der Waals surface area contributed by atoms with Gasteiger partial charge in [0.25, 0.3) is 5.91 Å². The molecule has 31 heavy (non-hydrogen) atoms. The number of rotatable bonds is 5. The standard InChI is InChI=1S/C20H19N3O6S2/c1-28-15-4-2-3-11-9-13(19(25)29-17(11)15)18(24)22-20-21-14-7-8-23(10-16(14)30-20)31(26,27)12-5-6-12/h2-4,9,12H,5-8,10H2,1H3,(H,21,22,24). The fraction of sp³-hybridized carbons (Fsp3) is 0.350. The molecule has 2 aromatic heterocycles. The van der Waals surface area contributed by atoms with Crippen molar-refractivity contribution in [1.82, 2.24) is 9.29 Å². The number of nitrogens with one attached hydrogen (secondary N) is 1. The summed E-state index contributed by atoms with van der Waals surface area (Å²) < 4.78 is 37.0. The molecule has 2 aliphatic rings. The topological polar surface area (TPSA) is 119 Å². The van der Waals surface area contributed by atoms with Crippen LogP contribution < -0.4 is 15.7 Å². The van der Waals surface area contributed by atoms with E-state index in [1.54, 1.807) is 18.2 Å². The van der Waals surface area contributed by atoms with Gasteiger partial charge in [0.1, 0.15) is 5.56 Å². The van der Waals surface area contributed by atoms with Crippen molar-refractivity contribution in [2.75, 3.05) is 19.0 Å². The summed E-state index contributed by atoms with van der Waals surface area (Å²) in [4.78, 5) is 30.3. The van der Waals surface area contributed by atoms with Gasteiger partial charge in [0.2, 0.25) is 10.0 Å². The predicted octanol–water partition coefficient (Wildman–Crippen LogP) is 2.36. The normalized spacial score (nSPS) is 16.8. The number of benzene rings is 1. The Morgan fingerprint density at radius 2 is 2.16 bits per heavy atom. The van der Waals surface area contributed by atoms with E-state index in [-0.39, 0.29) is 22.9 Å². The summed E-state index contributed by atoms with van der Waals surface area (Å²) in [7, 11) is -1.79. The van der Waals surface area contributed by atoms with Crippen LogP contribution in [0.25, 0.3) is 11.0 Å². The number of aromatic nitrogens is 1. The number of anilines is 1. The number of ether oxygens (including phenoxy) is 1. The average Bonchev–Trinajstić information content (AvgIpc) is 3.53. The van der Waals surface area contributed by atoms with E-state index >= 15 is 0 Å². The van der Waals surface area contributed by atoms with Gasteiger partial charge in [0.15, 0.2) is 16.5 Å². The maximum absolute atomic E-state index is 12.7. The number of methoxy groups -OCH3 is 1. The van der Waals surface area contributed by atoms with E-state index in [1.165, 1.54) is 28.8 Å². The molecule has 162 valence electrons. The molecule has 3 aromatic rings. The molecule has 1 N–H and O–H groups in total. The fourth-order valence-corrected chi connectivity index (χ4v) is 6.53. The van der Waals surface area contributed by atoms with Crippen LogP contribution in [0.4, 0.5) is 5.13 Å². The van der Waals surface area contributed by atoms with Gasteiger partial charge in [-0.1, -0.05) is 12.1 Å². The molecule has 1 saturated carbocycles. The third-order valence-corrected chi connectivity index (χ3v) is 8.75. The van der Waals surface area contributed by atoms with Crippen LogP contribution in [0.2, 0.25) is 0 Å². The molecular weight excluding hydrogens is 442 g/mol. The molecule has 0 unspecified atom stereocenters. The zero-order valence-corrected chi connectivity index (χ0v) is 18.2. The third kappa shape index (κ3) is 3.62. The summed E-state index contributed by atoms with van der Waals surface area (Å²) in [6.45, 7) is 0.651. The number of thiazole rings is 1. The van der Waals surface area contributed by atoms with Crippen LogP contribution in [0.3, 0.4) is 0 Å². The number of sulfonamides is 1. The van der Waals surface area contributed by atoms with Gasteiger partial charge in [-0.25, -0.2) is 18.2 Å². The second-order valence-electron chi connectivity index (χ2n) is 7.50. The van der Waals surface area contributed by atoms with Crippen LogP contribution in [0.1, 0.15) is 33.8 Å². The number of carbonyl (C=O) groups excluding carboxylic acids is 1. The first kappa shape index (κ1) is 20.2. The number of amides is 1. The number of nitrogens with zero attached hydrogens (tertiary/aromatic N) is 2. The van der Waals surface area contributed by atoms with Crippen LogP contribution in [0.15, 0.2) is 33.5 Å². The lowest BCUT2D eigenvalue weighted by Crippen LogP contribution is -2.37. The molecule has 5 rings (SSSR count). The minimum absolute atomic E-state index is 0.146. The van der Waals surface area contributed by atoms with Crippen molar-refractivity contribution in [3.05, 3.63) is 50.8 Å². The minimum Gasteiger partial charge on any atom is -0.493 e. The predicted molar refractivity (Wildman–Crippen MR) is 115 cm³/mol. The van der Waals surface area contributed by atoms with Gasteiger partial charge in [-0.2, -0.15) is 4.31 Å². The highest BCUT2D eigenvalue weighted by atomic mass is 32.2. The summed E-state index contributed by atoms with van der Waals surface area (Å²) in [6, 6.07) is 6.57. The second kappa shape index (κ2) is 7.43. The Morgan fingerprint density at radius 1 is 1.35 bits per heavy atom. The summed E-state index contributed by atoms with van der Waals surface area (Å²) in [5, 5.41) is 3.27. The third-order valence-electron chi connectivity index (χ3n) is 5.41. The van der Waals surface area contributed by atoms with Crippen molar-refractivity contribution in [3.63, 3.8) is 0 Å². The Bertz CT molecular complexity index is 1360. The molecule has 0 saturated heterocycles. The highest BCUT2D eigenvalue weighted by molar-refractivity contribution is 7.90. The largest absolute Gasteiger partial charge is 0.493 e. The van der Waals surface area contributed by atoms with E-state index in [9.17, 15) is 18.0 Å². The van der Waals surface area contributed by atoms with Crippen LogP contribution in [0.5, 0.6) is 5.75 Å². The van der Waals surface area contributed by atoms with Crippen molar-refractivity contribution >= 4 is 43.4 Å². The van der Waals surface area contributed by atoms with Gasteiger partial charge >= 0.3 is 5.63 Å². The zero-order chi connectivity index (χ0) is 21.8. The molecule has 9 nitrogen and oxygen atoms in total. The molecule has 1 aliphatic carbocycles. The van der Waals surface area contributed by atoms with E-state index in [2.05, 4.69) is 10.3 Å². The van der Waals surface area contributed by atoms with Crippen molar-refractivity contribution in [1.29, 1.82) is 0 Å². The summed E-state index contributed by atoms with van der Waals surface area (Å²) >= 11 is 1.22. The molecule has 1 aliphatic heterocycles. The molecule has 0 bridgehead atoms. The SMILES string of the molecule is COc1cccc2cc(C(=O)Nc3nc4c(s3)CN(S(=O)(=O)C3CC3)CC4)c(=O)oc12. The first-order valence-corrected chi connectivity index (χ1v) is 12.1. The summed E-state index contributed by atoms with van der Waals surface area (Å²) in [6.07, 6.45) is 1.93. The summed E-state index contributed by atoms with van der Waals surface area (Å²) in [5.41, 5.74) is 0.121. The van der Waals surface area contributed by atoms with Crippen LogP contribution in [-0.2, 0) is 23.0 Å². The smallest absolute Gasteiger partial charge is 0.349 e. The molecule has 1 fully saturated rings. The molecule has 1 amide bonds.